The lowest BCUT2D eigenvalue weighted by Crippen LogP contribution is -2.20. The van der Waals surface area contributed by atoms with Crippen molar-refractivity contribution in [1.82, 2.24) is 0 Å². The molecule has 2 aromatic carbocycles. The first kappa shape index (κ1) is 18.0. The van der Waals surface area contributed by atoms with Crippen LogP contribution in [0.4, 0.5) is 5.69 Å². The molecule has 0 aliphatic rings. The molecular weight excluding hydrogens is 320 g/mol. The fourth-order valence-corrected chi connectivity index (χ4v) is 2.14. The first-order valence-corrected chi connectivity index (χ1v) is 7.61. The van der Waals surface area contributed by atoms with Gasteiger partial charge in [-0.3, -0.25) is 9.59 Å². The smallest absolute Gasteiger partial charge is 0.262 e. The number of nitrogens with zero attached hydrogens (tertiary/aromatic N) is 1. The van der Waals surface area contributed by atoms with Gasteiger partial charge in [0.25, 0.3) is 5.91 Å². The van der Waals surface area contributed by atoms with Crippen molar-refractivity contribution < 1.29 is 19.1 Å². The summed E-state index contributed by atoms with van der Waals surface area (Å²) in [6.07, 6.45) is 0.327. The van der Waals surface area contributed by atoms with Crippen LogP contribution in [0, 0.1) is 11.3 Å². The number of hydrogen-bond acceptors (Lipinski definition) is 5. The second kappa shape index (κ2) is 8.50. The number of Topliss-reactive ketones (excluding diaryl/α,β-unsaturated/α-hetero) is 1. The molecule has 6 heteroatoms. The number of carbonyl (C=O) groups excluding carboxylic acids is 2. The van der Waals surface area contributed by atoms with Crippen LogP contribution >= 0.6 is 0 Å². The number of methoxy groups -OCH3 is 1. The Labute approximate surface area is 146 Å². The number of amides is 1. The summed E-state index contributed by atoms with van der Waals surface area (Å²) < 4.78 is 10.7. The zero-order chi connectivity index (χ0) is 18.2. The Morgan fingerprint density at radius 2 is 1.84 bits per heavy atom. The lowest BCUT2D eigenvalue weighted by molar-refractivity contribution is -0.118. The summed E-state index contributed by atoms with van der Waals surface area (Å²) in [6.45, 7) is 1.26. The maximum absolute atomic E-state index is 12.0. The average Bonchev–Trinajstić information content (AvgIpc) is 2.61. The third-order valence-corrected chi connectivity index (χ3v) is 3.45. The molecule has 0 aliphatic carbocycles. The predicted molar refractivity (Wildman–Crippen MR) is 92.9 cm³/mol. The van der Waals surface area contributed by atoms with E-state index in [4.69, 9.17) is 14.7 Å². The number of ketones is 1. The van der Waals surface area contributed by atoms with Crippen LogP contribution in [0.3, 0.4) is 0 Å². The van der Waals surface area contributed by atoms with Crippen molar-refractivity contribution in [2.75, 3.05) is 19.0 Å². The number of carbonyl (C=O) groups is 2. The van der Waals surface area contributed by atoms with Crippen molar-refractivity contribution >= 4 is 17.4 Å². The fourth-order valence-electron chi connectivity index (χ4n) is 2.14. The van der Waals surface area contributed by atoms with Crippen molar-refractivity contribution in [2.24, 2.45) is 0 Å². The van der Waals surface area contributed by atoms with Gasteiger partial charge in [-0.1, -0.05) is 12.1 Å². The number of ether oxygens (including phenoxy) is 2. The summed E-state index contributed by atoms with van der Waals surface area (Å²) in [7, 11) is 1.47. The standard InChI is InChI=1S/C19H18N2O4/c1-13(22)15-5-8-17(18(11-15)24-2)25-12-19(23)21-16-6-3-14(4-7-16)9-10-20/h3-8,11H,9,12H2,1-2H3,(H,21,23). The summed E-state index contributed by atoms with van der Waals surface area (Å²) in [4.78, 5) is 23.4. The van der Waals surface area contributed by atoms with E-state index in [-0.39, 0.29) is 18.3 Å². The molecule has 0 aliphatic heterocycles. The minimum Gasteiger partial charge on any atom is -0.493 e. The molecule has 0 heterocycles. The number of anilines is 1. The number of benzene rings is 2. The molecule has 1 amide bonds. The molecule has 0 saturated carbocycles. The first-order chi connectivity index (χ1) is 12.0. The van der Waals surface area contributed by atoms with Gasteiger partial charge in [0.2, 0.25) is 0 Å². The largest absolute Gasteiger partial charge is 0.493 e. The van der Waals surface area contributed by atoms with E-state index in [9.17, 15) is 9.59 Å². The Kier molecular flexibility index (Phi) is 6.13. The molecule has 0 atom stereocenters. The number of nitrogens with one attached hydrogen (secondary N) is 1. The number of hydrogen-bond donors (Lipinski definition) is 1. The SMILES string of the molecule is COc1cc(C(C)=O)ccc1OCC(=O)Nc1ccc(CC#N)cc1. The van der Waals surface area contributed by atoms with Crippen molar-refractivity contribution in [3.63, 3.8) is 0 Å². The van der Waals surface area contributed by atoms with Gasteiger partial charge in [0.15, 0.2) is 23.9 Å². The summed E-state index contributed by atoms with van der Waals surface area (Å²) >= 11 is 0. The average molecular weight is 338 g/mol. The molecule has 128 valence electrons. The minimum absolute atomic E-state index is 0.0811. The van der Waals surface area contributed by atoms with Crippen molar-refractivity contribution in [1.29, 1.82) is 5.26 Å². The minimum atomic E-state index is -0.328. The second-order valence-corrected chi connectivity index (χ2v) is 5.29. The van der Waals surface area contributed by atoms with Crippen LogP contribution in [0.2, 0.25) is 0 Å². The molecule has 6 nitrogen and oxygen atoms in total. The van der Waals surface area contributed by atoms with Crippen LogP contribution < -0.4 is 14.8 Å². The zero-order valence-corrected chi connectivity index (χ0v) is 14.0. The summed E-state index contributed by atoms with van der Waals surface area (Å²) in [6, 6.07) is 13.9. The van der Waals surface area contributed by atoms with Gasteiger partial charge in [0.1, 0.15) is 0 Å². The molecule has 0 bridgehead atoms. The van der Waals surface area contributed by atoms with Gasteiger partial charge in [-0.05, 0) is 42.8 Å². The van der Waals surface area contributed by atoms with Gasteiger partial charge in [0, 0.05) is 11.3 Å². The molecule has 0 saturated heterocycles. The molecule has 2 rings (SSSR count). The molecule has 2 aromatic rings. The fraction of sp³-hybridized carbons (Fsp3) is 0.211. The highest BCUT2D eigenvalue weighted by Gasteiger charge is 2.10. The van der Waals surface area contributed by atoms with Crippen LogP contribution in [-0.4, -0.2) is 25.4 Å². The molecular formula is C19H18N2O4. The Bertz CT molecular complexity index is 807. The van der Waals surface area contributed by atoms with Crippen LogP contribution in [0.5, 0.6) is 11.5 Å². The van der Waals surface area contributed by atoms with E-state index in [1.54, 1.807) is 42.5 Å². The Morgan fingerprint density at radius 3 is 2.44 bits per heavy atom. The van der Waals surface area contributed by atoms with Crippen molar-refractivity contribution in [3.05, 3.63) is 53.6 Å². The molecule has 25 heavy (non-hydrogen) atoms. The lowest BCUT2D eigenvalue weighted by Gasteiger charge is -2.12. The highest BCUT2D eigenvalue weighted by molar-refractivity contribution is 5.95. The normalized spacial score (nSPS) is 9.80. The lowest BCUT2D eigenvalue weighted by atomic mass is 10.1. The van der Waals surface area contributed by atoms with Crippen LogP contribution in [0.15, 0.2) is 42.5 Å². The molecule has 0 fully saturated rings. The van der Waals surface area contributed by atoms with E-state index in [1.165, 1.54) is 14.0 Å². The highest BCUT2D eigenvalue weighted by Crippen LogP contribution is 2.28. The maximum Gasteiger partial charge on any atom is 0.262 e. The van der Waals surface area contributed by atoms with Gasteiger partial charge >= 0.3 is 0 Å². The second-order valence-electron chi connectivity index (χ2n) is 5.29. The van der Waals surface area contributed by atoms with Gasteiger partial charge in [-0.2, -0.15) is 5.26 Å². The van der Waals surface area contributed by atoms with Crippen molar-refractivity contribution in [3.8, 4) is 17.6 Å². The van der Waals surface area contributed by atoms with Crippen LogP contribution in [-0.2, 0) is 11.2 Å². The molecule has 1 N–H and O–H groups in total. The Morgan fingerprint density at radius 1 is 1.12 bits per heavy atom. The summed E-state index contributed by atoms with van der Waals surface area (Å²) in [5, 5.41) is 11.3. The van der Waals surface area contributed by atoms with Gasteiger partial charge < -0.3 is 14.8 Å². The topological polar surface area (TPSA) is 88.4 Å². The Hall–Kier alpha value is -3.33. The Balaban J connectivity index is 1.95. The van der Waals surface area contributed by atoms with Crippen molar-refractivity contribution in [2.45, 2.75) is 13.3 Å². The number of nitriles is 1. The van der Waals surface area contributed by atoms with Gasteiger partial charge in [0.05, 0.1) is 19.6 Å². The van der Waals surface area contributed by atoms with Crippen LogP contribution in [0.1, 0.15) is 22.8 Å². The molecule has 0 spiro atoms. The highest BCUT2D eigenvalue weighted by atomic mass is 16.5. The van der Waals surface area contributed by atoms with E-state index >= 15 is 0 Å². The summed E-state index contributed by atoms with van der Waals surface area (Å²) in [5.74, 6) is 0.363. The predicted octanol–water partition coefficient (Wildman–Crippen LogP) is 2.98. The molecule has 0 unspecified atom stereocenters. The maximum atomic E-state index is 12.0. The van der Waals surface area contributed by atoms with Gasteiger partial charge in [-0.25, -0.2) is 0 Å². The van der Waals surface area contributed by atoms with E-state index in [0.29, 0.717) is 29.2 Å². The van der Waals surface area contributed by atoms with Gasteiger partial charge in [-0.15, -0.1) is 0 Å². The first-order valence-electron chi connectivity index (χ1n) is 7.61. The third-order valence-electron chi connectivity index (χ3n) is 3.45. The van der Waals surface area contributed by atoms with E-state index in [2.05, 4.69) is 11.4 Å². The molecule has 0 aromatic heterocycles. The van der Waals surface area contributed by atoms with E-state index in [0.717, 1.165) is 5.56 Å². The van der Waals surface area contributed by atoms with E-state index in [1.807, 2.05) is 0 Å². The van der Waals surface area contributed by atoms with E-state index < -0.39 is 0 Å². The monoisotopic (exact) mass is 338 g/mol. The third kappa shape index (κ3) is 5.08. The zero-order valence-electron chi connectivity index (χ0n) is 14.0. The van der Waals surface area contributed by atoms with Crippen LogP contribution in [0.25, 0.3) is 0 Å². The number of rotatable bonds is 7. The summed E-state index contributed by atoms with van der Waals surface area (Å²) in [5.41, 5.74) is 2.01. The molecule has 0 radical (unpaired) electrons. The quantitative estimate of drug-likeness (QED) is 0.784.